The van der Waals surface area contributed by atoms with E-state index in [1.807, 2.05) is 6.07 Å². The van der Waals surface area contributed by atoms with Crippen LogP contribution in [0.15, 0.2) is 18.3 Å². The molecule has 4 heteroatoms. The molecule has 0 fully saturated rings. The molecular weight excluding hydrogens is 192 g/mol. The normalized spacial score (nSPS) is 10.4. The first-order chi connectivity index (χ1) is 7.15. The Balaban J connectivity index is 2.67. The topological polar surface area (TPSA) is 62.2 Å². The number of carbonyl (C=O) groups excluding carboxylic acids is 1. The summed E-state index contributed by atoms with van der Waals surface area (Å²) < 4.78 is 0. The molecule has 1 rings (SSSR count). The maximum Gasteiger partial charge on any atom is 0.269 e. The number of carbonyl (C=O) groups is 1. The van der Waals surface area contributed by atoms with Crippen LogP contribution in [0.1, 0.15) is 35.8 Å². The number of aliphatic hydroxyl groups is 1. The molecule has 0 aliphatic rings. The molecule has 1 aromatic rings. The Kier molecular flexibility index (Phi) is 4.24. The van der Waals surface area contributed by atoms with Gasteiger partial charge in [-0.3, -0.25) is 9.78 Å². The van der Waals surface area contributed by atoms with Crippen molar-refractivity contribution in [2.24, 2.45) is 0 Å². The van der Waals surface area contributed by atoms with E-state index in [1.165, 1.54) is 0 Å². The van der Waals surface area contributed by atoms with Crippen LogP contribution >= 0.6 is 0 Å². The fraction of sp³-hybridized carbons (Fsp3) is 0.455. The molecule has 1 aromatic heterocycles. The van der Waals surface area contributed by atoms with Crippen LogP contribution in [0, 0.1) is 0 Å². The van der Waals surface area contributed by atoms with Gasteiger partial charge in [-0.1, -0.05) is 19.9 Å². The Bertz CT molecular complexity index is 320. The molecule has 1 amide bonds. The van der Waals surface area contributed by atoms with Crippen molar-refractivity contribution >= 4 is 5.91 Å². The summed E-state index contributed by atoms with van der Waals surface area (Å²) in [7, 11) is 0. The van der Waals surface area contributed by atoms with Gasteiger partial charge in [-0.2, -0.15) is 0 Å². The lowest BCUT2D eigenvalue weighted by atomic mass is 10.1. The van der Waals surface area contributed by atoms with Crippen LogP contribution in [0.5, 0.6) is 0 Å². The highest BCUT2D eigenvalue weighted by atomic mass is 16.3. The van der Waals surface area contributed by atoms with Crippen LogP contribution in [0.3, 0.4) is 0 Å². The van der Waals surface area contributed by atoms with Crippen LogP contribution in [0.2, 0.25) is 0 Å². The van der Waals surface area contributed by atoms with Gasteiger partial charge < -0.3 is 10.4 Å². The smallest absolute Gasteiger partial charge is 0.269 e. The average Bonchev–Trinajstić information content (AvgIpc) is 2.26. The average molecular weight is 208 g/mol. The van der Waals surface area contributed by atoms with Gasteiger partial charge >= 0.3 is 0 Å². The van der Waals surface area contributed by atoms with Gasteiger partial charge in [0.05, 0.1) is 6.61 Å². The quantitative estimate of drug-likeness (QED) is 0.773. The predicted molar refractivity (Wildman–Crippen MR) is 57.7 cm³/mol. The van der Waals surface area contributed by atoms with E-state index in [2.05, 4.69) is 24.1 Å². The Morgan fingerprint density at radius 1 is 1.53 bits per heavy atom. The van der Waals surface area contributed by atoms with Crippen LogP contribution in [0.4, 0.5) is 0 Å². The van der Waals surface area contributed by atoms with Gasteiger partial charge in [0.25, 0.3) is 5.91 Å². The van der Waals surface area contributed by atoms with Crippen molar-refractivity contribution in [2.75, 3.05) is 13.2 Å². The lowest BCUT2D eigenvalue weighted by Crippen LogP contribution is -2.27. The summed E-state index contributed by atoms with van der Waals surface area (Å²) in [6.07, 6.45) is 1.71. The number of hydrogen-bond acceptors (Lipinski definition) is 3. The molecule has 0 saturated heterocycles. The van der Waals surface area contributed by atoms with Crippen LogP contribution in [-0.4, -0.2) is 29.1 Å². The summed E-state index contributed by atoms with van der Waals surface area (Å²) >= 11 is 0. The van der Waals surface area contributed by atoms with Crippen molar-refractivity contribution < 1.29 is 9.90 Å². The first-order valence-electron chi connectivity index (χ1n) is 5.00. The fourth-order valence-electron chi connectivity index (χ4n) is 1.14. The van der Waals surface area contributed by atoms with Crippen molar-refractivity contribution in [1.82, 2.24) is 10.3 Å². The maximum absolute atomic E-state index is 11.4. The summed E-state index contributed by atoms with van der Waals surface area (Å²) in [5.41, 5.74) is 1.49. The SMILES string of the molecule is CC(C)c1ccc(C(=O)NCCO)nc1. The molecule has 15 heavy (non-hydrogen) atoms. The Morgan fingerprint density at radius 3 is 2.73 bits per heavy atom. The second-order valence-corrected chi connectivity index (χ2v) is 3.61. The molecule has 0 spiro atoms. The number of hydrogen-bond donors (Lipinski definition) is 2. The van der Waals surface area contributed by atoms with E-state index in [9.17, 15) is 4.79 Å². The number of nitrogens with one attached hydrogen (secondary N) is 1. The second kappa shape index (κ2) is 5.46. The first kappa shape index (κ1) is 11.7. The molecule has 2 N–H and O–H groups in total. The van der Waals surface area contributed by atoms with Crippen LogP contribution < -0.4 is 5.32 Å². The Hall–Kier alpha value is -1.42. The van der Waals surface area contributed by atoms with E-state index in [-0.39, 0.29) is 19.1 Å². The van der Waals surface area contributed by atoms with Gasteiger partial charge in [-0.05, 0) is 17.5 Å². The van der Waals surface area contributed by atoms with E-state index >= 15 is 0 Å². The van der Waals surface area contributed by atoms with Crippen LogP contribution in [0.25, 0.3) is 0 Å². The number of nitrogens with zero attached hydrogens (tertiary/aromatic N) is 1. The number of amides is 1. The molecule has 0 aromatic carbocycles. The van der Waals surface area contributed by atoms with E-state index in [0.29, 0.717) is 11.6 Å². The number of pyridine rings is 1. The predicted octanol–water partition coefficient (Wildman–Crippen LogP) is 0.927. The first-order valence-corrected chi connectivity index (χ1v) is 5.00. The zero-order valence-corrected chi connectivity index (χ0v) is 9.03. The molecule has 4 nitrogen and oxygen atoms in total. The lowest BCUT2D eigenvalue weighted by Gasteiger charge is -2.06. The Morgan fingerprint density at radius 2 is 2.27 bits per heavy atom. The maximum atomic E-state index is 11.4. The molecule has 1 heterocycles. The van der Waals surface area contributed by atoms with Gasteiger partial charge in [0.2, 0.25) is 0 Å². The molecule has 0 aliphatic heterocycles. The zero-order chi connectivity index (χ0) is 11.3. The second-order valence-electron chi connectivity index (χ2n) is 3.61. The minimum atomic E-state index is -0.251. The lowest BCUT2D eigenvalue weighted by molar-refractivity contribution is 0.0940. The minimum Gasteiger partial charge on any atom is -0.395 e. The van der Waals surface area contributed by atoms with Gasteiger partial charge in [0.1, 0.15) is 5.69 Å². The number of aromatic nitrogens is 1. The summed E-state index contributed by atoms with van der Waals surface area (Å²) in [5.74, 6) is 0.159. The van der Waals surface area contributed by atoms with Crippen molar-refractivity contribution in [2.45, 2.75) is 19.8 Å². The van der Waals surface area contributed by atoms with Gasteiger partial charge in [0.15, 0.2) is 0 Å². The van der Waals surface area contributed by atoms with E-state index < -0.39 is 0 Å². The molecule has 82 valence electrons. The highest BCUT2D eigenvalue weighted by molar-refractivity contribution is 5.92. The standard InChI is InChI=1S/C11H16N2O2/c1-8(2)9-3-4-10(13-7-9)11(15)12-5-6-14/h3-4,7-8,14H,5-6H2,1-2H3,(H,12,15). The molecule has 0 aliphatic carbocycles. The van der Waals surface area contributed by atoms with Gasteiger partial charge in [-0.25, -0.2) is 0 Å². The van der Waals surface area contributed by atoms with Crippen molar-refractivity contribution in [3.05, 3.63) is 29.6 Å². The fourth-order valence-corrected chi connectivity index (χ4v) is 1.14. The third-order valence-electron chi connectivity index (χ3n) is 2.08. The molecule has 0 atom stereocenters. The van der Waals surface area contributed by atoms with E-state index in [1.54, 1.807) is 12.3 Å². The van der Waals surface area contributed by atoms with Crippen molar-refractivity contribution in [3.8, 4) is 0 Å². The van der Waals surface area contributed by atoms with Crippen molar-refractivity contribution in [1.29, 1.82) is 0 Å². The summed E-state index contributed by atoms with van der Waals surface area (Å²) in [6.45, 7) is 4.34. The minimum absolute atomic E-state index is 0.0597. The summed E-state index contributed by atoms with van der Waals surface area (Å²) in [6, 6.07) is 3.59. The van der Waals surface area contributed by atoms with Crippen molar-refractivity contribution in [3.63, 3.8) is 0 Å². The highest BCUT2D eigenvalue weighted by Gasteiger charge is 2.06. The number of aliphatic hydroxyl groups excluding tert-OH is 1. The molecular formula is C11H16N2O2. The van der Waals surface area contributed by atoms with E-state index in [0.717, 1.165) is 5.56 Å². The monoisotopic (exact) mass is 208 g/mol. The molecule has 0 unspecified atom stereocenters. The largest absolute Gasteiger partial charge is 0.395 e. The zero-order valence-electron chi connectivity index (χ0n) is 9.03. The summed E-state index contributed by atoms with van der Waals surface area (Å²) in [5, 5.41) is 11.1. The van der Waals surface area contributed by atoms with E-state index in [4.69, 9.17) is 5.11 Å². The Labute approximate surface area is 89.3 Å². The number of rotatable bonds is 4. The molecule has 0 saturated carbocycles. The molecule has 0 bridgehead atoms. The highest BCUT2D eigenvalue weighted by Crippen LogP contribution is 2.12. The molecule has 0 radical (unpaired) electrons. The third kappa shape index (κ3) is 3.32. The third-order valence-corrected chi connectivity index (χ3v) is 2.08. The van der Waals surface area contributed by atoms with Gasteiger partial charge in [0, 0.05) is 12.7 Å². The summed E-state index contributed by atoms with van der Waals surface area (Å²) in [4.78, 5) is 15.5. The van der Waals surface area contributed by atoms with Crippen LogP contribution in [-0.2, 0) is 0 Å². The van der Waals surface area contributed by atoms with Gasteiger partial charge in [-0.15, -0.1) is 0 Å².